The van der Waals surface area contributed by atoms with Gasteiger partial charge >= 0.3 is 6.09 Å². The van der Waals surface area contributed by atoms with Crippen LogP contribution >= 0.6 is 0 Å². The average molecular weight is 262 g/mol. The highest BCUT2D eigenvalue weighted by Crippen LogP contribution is 2.33. The molecule has 0 aliphatic carbocycles. The van der Waals surface area contributed by atoms with Crippen LogP contribution in [0.4, 0.5) is 10.5 Å². The molecule has 19 heavy (non-hydrogen) atoms. The molecule has 0 saturated carbocycles. The van der Waals surface area contributed by atoms with Gasteiger partial charge in [0, 0.05) is 18.8 Å². The van der Waals surface area contributed by atoms with E-state index in [0.717, 1.165) is 30.7 Å². The van der Waals surface area contributed by atoms with E-state index in [1.807, 2.05) is 24.3 Å². The molecule has 1 aromatic rings. The smallest absolute Gasteiger partial charge is 0.415 e. The molecule has 5 heteroatoms. The predicted octanol–water partition coefficient (Wildman–Crippen LogP) is 1.65. The van der Waals surface area contributed by atoms with Crippen molar-refractivity contribution in [2.24, 2.45) is 5.73 Å². The Hall–Kier alpha value is -1.59. The lowest BCUT2D eigenvalue weighted by atomic mass is 9.96. The average Bonchev–Trinajstić information content (AvgIpc) is 2.76. The molecule has 1 amide bonds. The number of hydrogen-bond donors (Lipinski definition) is 1. The van der Waals surface area contributed by atoms with E-state index in [-0.39, 0.29) is 6.09 Å². The Balaban J connectivity index is 1.83. The van der Waals surface area contributed by atoms with Gasteiger partial charge in [-0.3, -0.25) is 4.90 Å². The van der Waals surface area contributed by atoms with Crippen molar-refractivity contribution in [1.29, 1.82) is 0 Å². The molecule has 0 radical (unpaired) electrons. The lowest BCUT2D eigenvalue weighted by Gasteiger charge is -2.30. The summed E-state index contributed by atoms with van der Waals surface area (Å²) in [5.74, 6) is 0. The molecule has 102 valence electrons. The third kappa shape index (κ3) is 2.31. The Bertz CT molecular complexity index is 483. The number of carbonyl (C=O) groups excluding carboxylic acids is 1. The van der Waals surface area contributed by atoms with Gasteiger partial charge in [-0.1, -0.05) is 12.1 Å². The number of amides is 1. The van der Waals surface area contributed by atoms with Crippen LogP contribution < -0.4 is 10.6 Å². The predicted molar refractivity (Wildman–Crippen MR) is 70.9 cm³/mol. The zero-order valence-electron chi connectivity index (χ0n) is 10.8. The molecule has 2 aliphatic heterocycles. The summed E-state index contributed by atoms with van der Waals surface area (Å²) in [6, 6.07) is 7.70. The molecule has 2 saturated heterocycles. The van der Waals surface area contributed by atoms with Crippen LogP contribution in [0.5, 0.6) is 0 Å². The maximum Gasteiger partial charge on any atom is 0.415 e. The highest BCUT2D eigenvalue weighted by molar-refractivity contribution is 5.90. The first-order valence-corrected chi connectivity index (χ1v) is 6.60. The number of ether oxygens (including phenoxy) is 2. The number of hydrogen-bond acceptors (Lipinski definition) is 4. The van der Waals surface area contributed by atoms with Gasteiger partial charge in [0.1, 0.15) is 0 Å². The lowest BCUT2D eigenvalue weighted by Crippen LogP contribution is -2.42. The first-order chi connectivity index (χ1) is 9.22. The molecule has 2 aliphatic rings. The Morgan fingerprint density at radius 3 is 3.05 bits per heavy atom. The van der Waals surface area contributed by atoms with E-state index < -0.39 is 5.60 Å². The molecular formula is C14H18N2O3. The fourth-order valence-corrected chi connectivity index (χ4v) is 2.71. The summed E-state index contributed by atoms with van der Waals surface area (Å²) in [4.78, 5) is 13.7. The van der Waals surface area contributed by atoms with Gasteiger partial charge in [0.25, 0.3) is 0 Å². The van der Waals surface area contributed by atoms with Crippen molar-refractivity contribution in [3.05, 3.63) is 29.8 Å². The normalized spacial score (nSPS) is 26.8. The summed E-state index contributed by atoms with van der Waals surface area (Å²) in [7, 11) is 0. The number of anilines is 1. The van der Waals surface area contributed by atoms with Crippen molar-refractivity contribution in [3.63, 3.8) is 0 Å². The summed E-state index contributed by atoms with van der Waals surface area (Å²) < 4.78 is 11.0. The summed E-state index contributed by atoms with van der Waals surface area (Å²) in [5.41, 5.74) is 7.02. The molecule has 2 heterocycles. The molecular weight excluding hydrogens is 244 g/mol. The van der Waals surface area contributed by atoms with Gasteiger partial charge in [0.15, 0.2) is 5.60 Å². The summed E-state index contributed by atoms with van der Waals surface area (Å²) in [6.45, 7) is 2.26. The molecule has 0 bridgehead atoms. The van der Waals surface area contributed by atoms with Crippen LogP contribution in [-0.4, -0.2) is 31.5 Å². The van der Waals surface area contributed by atoms with Gasteiger partial charge in [0.2, 0.25) is 0 Å². The highest BCUT2D eigenvalue weighted by atomic mass is 16.6. The van der Waals surface area contributed by atoms with Gasteiger partial charge in [-0.25, -0.2) is 4.79 Å². The number of rotatable bonds is 2. The van der Waals surface area contributed by atoms with E-state index >= 15 is 0 Å². The van der Waals surface area contributed by atoms with Crippen LogP contribution in [-0.2, 0) is 16.0 Å². The fourth-order valence-electron chi connectivity index (χ4n) is 2.71. The zero-order valence-corrected chi connectivity index (χ0v) is 10.8. The molecule has 2 fully saturated rings. The van der Waals surface area contributed by atoms with E-state index in [0.29, 0.717) is 19.7 Å². The van der Waals surface area contributed by atoms with Crippen LogP contribution in [0.1, 0.15) is 18.4 Å². The van der Waals surface area contributed by atoms with Crippen molar-refractivity contribution in [2.75, 3.05) is 24.7 Å². The summed E-state index contributed by atoms with van der Waals surface area (Å²) >= 11 is 0. The third-order valence-corrected chi connectivity index (χ3v) is 3.71. The first-order valence-electron chi connectivity index (χ1n) is 6.60. The molecule has 3 rings (SSSR count). The second-order valence-electron chi connectivity index (χ2n) is 5.17. The SMILES string of the molecule is NCc1cccc(N2CC3(CCCOC3)OC2=O)c1. The topological polar surface area (TPSA) is 64.8 Å². The minimum Gasteiger partial charge on any atom is -0.438 e. The van der Waals surface area contributed by atoms with Crippen LogP contribution in [0.2, 0.25) is 0 Å². The lowest BCUT2D eigenvalue weighted by molar-refractivity contribution is -0.0643. The number of benzene rings is 1. The van der Waals surface area contributed by atoms with Crippen molar-refractivity contribution in [2.45, 2.75) is 25.0 Å². The maximum atomic E-state index is 12.1. The Morgan fingerprint density at radius 2 is 2.32 bits per heavy atom. The molecule has 1 atom stereocenters. The van der Waals surface area contributed by atoms with Gasteiger partial charge < -0.3 is 15.2 Å². The van der Waals surface area contributed by atoms with Crippen molar-refractivity contribution < 1.29 is 14.3 Å². The standard InChI is InChI=1S/C14H18N2O3/c15-8-11-3-1-4-12(7-11)16-9-14(19-13(16)17)5-2-6-18-10-14/h1,3-4,7H,2,5-6,8-10,15H2. The van der Waals surface area contributed by atoms with Crippen molar-refractivity contribution in [1.82, 2.24) is 0 Å². The summed E-state index contributed by atoms with van der Waals surface area (Å²) in [6.07, 6.45) is 1.51. The molecule has 2 N–H and O–H groups in total. The highest BCUT2D eigenvalue weighted by Gasteiger charge is 2.47. The maximum absolute atomic E-state index is 12.1. The summed E-state index contributed by atoms with van der Waals surface area (Å²) in [5, 5.41) is 0. The van der Waals surface area contributed by atoms with Crippen molar-refractivity contribution in [3.8, 4) is 0 Å². The van der Waals surface area contributed by atoms with E-state index in [1.165, 1.54) is 0 Å². The molecule has 5 nitrogen and oxygen atoms in total. The number of carbonyl (C=O) groups is 1. The Kier molecular flexibility index (Phi) is 3.16. The third-order valence-electron chi connectivity index (χ3n) is 3.71. The van der Waals surface area contributed by atoms with Crippen LogP contribution in [0.15, 0.2) is 24.3 Å². The fraction of sp³-hybridized carbons (Fsp3) is 0.500. The minimum atomic E-state index is -0.464. The monoisotopic (exact) mass is 262 g/mol. The van der Waals surface area contributed by atoms with Crippen molar-refractivity contribution >= 4 is 11.8 Å². The quantitative estimate of drug-likeness (QED) is 0.880. The minimum absolute atomic E-state index is 0.292. The number of nitrogens with zero attached hydrogens (tertiary/aromatic N) is 1. The second-order valence-corrected chi connectivity index (χ2v) is 5.17. The molecule has 1 spiro atoms. The van der Waals surface area contributed by atoms with Crippen LogP contribution in [0.3, 0.4) is 0 Å². The first kappa shape index (κ1) is 12.4. The van der Waals surface area contributed by atoms with E-state index in [2.05, 4.69) is 0 Å². The van der Waals surface area contributed by atoms with Gasteiger partial charge in [-0.05, 0) is 30.5 Å². The largest absolute Gasteiger partial charge is 0.438 e. The van der Waals surface area contributed by atoms with E-state index in [9.17, 15) is 4.79 Å². The van der Waals surface area contributed by atoms with Gasteiger partial charge in [0.05, 0.1) is 13.2 Å². The van der Waals surface area contributed by atoms with Gasteiger partial charge in [-0.15, -0.1) is 0 Å². The van der Waals surface area contributed by atoms with E-state index in [1.54, 1.807) is 4.90 Å². The Morgan fingerprint density at radius 1 is 1.42 bits per heavy atom. The Labute approximate surface area is 112 Å². The second kappa shape index (κ2) is 4.83. The molecule has 1 aromatic carbocycles. The van der Waals surface area contributed by atoms with Gasteiger partial charge in [-0.2, -0.15) is 0 Å². The molecule has 0 aromatic heterocycles. The zero-order chi connectivity index (χ0) is 13.3. The van der Waals surface area contributed by atoms with E-state index in [4.69, 9.17) is 15.2 Å². The number of nitrogens with two attached hydrogens (primary N) is 1. The van der Waals surface area contributed by atoms with Crippen LogP contribution in [0, 0.1) is 0 Å². The molecule has 1 unspecified atom stereocenters. The van der Waals surface area contributed by atoms with Crippen LogP contribution in [0.25, 0.3) is 0 Å².